The second-order valence-electron chi connectivity index (χ2n) is 9.67. The van der Waals surface area contributed by atoms with Crippen LogP contribution in [0.3, 0.4) is 0 Å². The van der Waals surface area contributed by atoms with E-state index in [1.165, 1.54) is 38.5 Å². The molecule has 3 rings (SSSR count). The van der Waals surface area contributed by atoms with Gasteiger partial charge in [0.25, 0.3) is 0 Å². The number of unbranched alkanes of at least 4 members (excludes halogenated alkanes) is 2. The van der Waals surface area contributed by atoms with Crippen LogP contribution in [-0.2, 0) is 0 Å². The maximum atomic E-state index is 14.8. The van der Waals surface area contributed by atoms with E-state index < -0.39 is 18.3 Å². The minimum absolute atomic E-state index is 0.0292. The van der Waals surface area contributed by atoms with E-state index in [0.717, 1.165) is 44.4 Å². The van der Waals surface area contributed by atoms with E-state index in [4.69, 9.17) is 4.74 Å². The van der Waals surface area contributed by atoms with Crippen LogP contribution in [0.15, 0.2) is 24.3 Å². The fraction of sp³-hybridized carbons (Fsp3) is 0.704. The number of hydrogen-bond donors (Lipinski definition) is 0. The molecule has 2 aliphatic carbocycles. The van der Waals surface area contributed by atoms with Gasteiger partial charge < -0.3 is 4.74 Å². The quantitative estimate of drug-likeness (QED) is 0.264. The van der Waals surface area contributed by atoms with Gasteiger partial charge in [-0.15, -0.1) is 0 Å². The third kappa shape index (κ3) is 7.02. The topological polar surface area (TPSA) is 9.23 Å². The molecule has 2 aliphatic rings. The average Bonchev–Trinajstić information content (AvgIpc) is 2.80. The zero-order valence-corrected chi connectivity index (χ0v) is 19.1. The highest BCUT2D eigenvalue weighted by atomic mass is 19.2. The van der Waals surface area contributed by atoms with Crippen LogP contribution >= 0.6 is 0 Å². The number of rotatable bonds is 10. The molecule has 0 spiro atoms. The minimum Gasteiger partial charge on any atom is -0.490 e. The van der Waals surface area contributed by atoms with Crippen LogP contribution in [-0.4, -0.2) is 13.3 Å². The van der Waals surface area contributed by atoms with Gasteiger partial charge in [0.05, 0.1) is 6.61 Å². The first-order valence-electron chi connectivity index (χ1n) is 12.5. The molecule has 4 heteroatoms. The van der Waals surface area contributed by atoms with Crippen molar-refractivity contribution >= 4 is 0 Å². The van der Waals surface area contributed by atoms with Crippen molar-refractivity contribution in [2.45, 2.75) is 89.9 Å². The lowest BCUT2D eigenvalue weighted by Gasteiger charge is -2.29. The predicted octanol–water partition coefficient (Wildman–Crippen LogP) is 8.53. The van der Waals surface area contributed by atoms with E-state index in [1.807, 2.05) is 6.08 Å². The normalized spacial score (nSPS) is 27.0. The summed E-state index contributed by atoms with van der Waals surface area (Å²) in [5.74, 6) is 0.109. The van der Waals surface area contributed by atoms with E-state index in [1.54, 1.807) is 18.2 Å². The Kier molecular flexibility index (Phi) is 9.80. The Morgan fingerprint density at radius 2 is 1.61 bits per heavy atom. The third-order valence-electron chi connectivity index (χ3n) is 7.44. The van der Waals surface area contributed by atoms with Crippen molar-refractivity contribution in [1.82, 2.24) is 0 Å². The van der Waals surface area contributed by atoms with Gasteiger partial charge >= 0.3 is 0 Å². The van der Waals surface area contributed by atoms with Crippen molar-refractivity contribution in [3.8, 4) is 5.75 Å². The molecule has 174 valence electrons. The molecule has 0 aliphatic heterocycles. The first kappa shape index (κ1) is 24.2. The molecule has 0 amide bonds. The van der Waals surface area contributed by atoms with Crippen molar-refractivity contribution < 1.29 is 17.9 Å². The summed E-state index contributed by atoms with van der Waals surface area (Å²) >= 11 is 0. The maximum Gasteiger partial charge on any atom is 0.200 e. The summed E-state index contributed by atoms with van der Waals surface area (Å²) in [6.07, 6.45) is 16.8. The minimum atomic E-state index is -0.842. The van der Waals surface area contributed by atoms with Crippen molar-refractivity contribution in [2.24, 2.45) is 17.8 Å². The summed E-state index contributed by atoms with van der Waals surface area (Å²) < 4.78 is 47.5. The van der Waals surface area contributed by atoms with E-state index in [0.29, 0.717) is 24.0 Å². The third-order valence-corrected chi connectivity index (χ3v) is 7.44. The molecule has 0 N–H and O–H groups in total. The molecular weight excluding hydrogens is 397 g/mol. The molecule has 0 radical (unpaired) electrons. The van der Waals surface area contributed by atoms with Crippen LogP contribution in [0.1, 0.15) is 95.5 Å². The molecule has 1 nitrogen and oxygen atoms in total. The van der Waals surface area contributed by atoms with E-state index in [2.05, 4.69) is 6.92 Å². The lowest BCUT2D eigenvalue weighted by Crippen LogP contribution is -2.20. The molecule has 0 atom stereocenters. The molecule has 0 saturated heterocycles. The fourth-order valence-electron chi connectivity index (χ4n) is 5.42. The van der Waals surface area contributed by atoms with Crippen LogP contribution in [0.25, 0.3) is 0 Å². The smallest absolute Gasteiger partial charge is 0.200 e. The van der Waals surface area contributed by atoms with Crippen molar-refractivity contribution in [3.05, 3.63) is 41.5 Å². The van der Waals surface area contributed by atoms with Gasteiger partial charge in [-0.1, -0.05) is 63.7 Å². The van der Waals surface area contributed by atoms with E-state index >= 15 is 0 Å². The Morgan fingerprint density at radius 1 is 0.903 bits per heavy atom. The molecule has 1 aromatic carbocycles. The number of benzene rings is 1. The van der Waals surface area contributed by atoms with Gasteiger partial charge in [-0.25, -0.2) is 8.78 Å². The summed E-state index contributed by atoms with van der Waals surface area (Å²) in [5.41, 5.74) is 0.463. The van der Waals surface area contributed by atoms with Gasteiger partial charge in [-0.3, -0.25) is 0 Å². The number of halogens is 3. The van der Waals surface area contributed by atoms with Crippen molar-refractivity contribution in [3.63, 3.8) is 0 Å². The predicted molar refractivity (Wildman–Crippen MR) is 121 cm³/mol. The van der Waals surface area contributed by atoms with Crippen LogP contribution in [0.2, 0.25) is 0 Å². The number of allylic oxidation sites excluding steroid dienone is 2. The Labute approximate surface area is 186 Å². The standard InChI is InChI=1S/C27H39F3O/c1-2-3-4-6-20-8-10-22(11-9-20)19-31-25-17-16-24(26(29)27(25)30)23-14-12-21(13-15-23)7-5-18-28/h5,7,16-17,20-23H,2-4,6,8-15,18-19H2,1H3/b7-5+. The molecule has 0 aromatic heterocycles. The molecular formula is C27H39F3O. The fourth-order valence-corrected chi connectivity index (χ4v) is 5.42. The zero-order valence-electron chi connectivity index (χ0n) is 19.1. The second kappa shape index (κ2) is 12.6. The van der Waals surface area contributed by atoms with Gasteiger partial charge in [-0.2, -0.15) is 4.39 Å². The van der Waals surface area contributed by atoms with Crippen molar-refractivity contribution in [1.29, 1.82) is 0 Å². The average molecular weight is 437 g/mol. The zero-order chi connectivity index (χ0) is 22.1. The molecule has 0 unspecified atom stereocenters. The van der Waals surface area contributed by atoms with Crippen LogP contribution in [0, 0.1) is 29.4 Å². The van der Waals surface area contributed by atoms with Crippen LogP contribution < -0.4 is 4.74 Å². The molecule has 0 bridgehead atoms. The molecule has 31 heavy (non-hydrogen) atoms. The number of hydrogen-bond acceptors (Lipinski definition) is 1. The van der Waals surface area contributed by atoms with Crippen LogP contribution in [0.5, 0.6) is 5.75 Å². The van der Waals surface area contributed by atoms with Gasteiger partial charge in [-0.05, 0) is 73.8 Å². The van der Waals surface area contributed by atoms with E-state index in [9.17, 15) is 13.2 Å². The lowest BCUT2D eigenvalue weighted by atomic mass is 9.78. The largest absolute Gasteiger partial charge is 0.490 e. The van der Waals surface area contributed by atoms with Gasteiger partial charge in [0.1, 0.15) is 6.67 Å². The summed E-state index contributed by atoms with van der Waals surface area (Å²) in [6.45, 7) is 2.27. The Balaban J connectivity index is 1.47. The SMILES string of the molecule is CCCCCC1CCC(COc2ccc(C3CCC(/C=C/CF)CC3)c(F)c2F)CC1. The maximum absolute atomic E-state index is 14.8. The summed E-state index contributed by atoms with van der Waals surface area (Å²) in [6, 6.07) is 3.32. The first-order chi connectivity index (χ1) is 15.1. The first-order valence-corrected chi connectivity index (χ1v) is 12.5. The highest BCUT2D eigenvalue weighted by Crippen LogP contribution is 2.39. The molecule has 2 fully saturated rings. The van der Waals surface area contributed by atoms with Crippen LogP contribution in [0.4, 0.5) is 13.2 Å². The van der Waals surface area contributed by atoms with Gasteiger partial charge in [0.2, 0.25) is 5.82 Å². The Bertz CT molecular complexity index is 686. The molecule has 0 heterocycles. The van der Waals surface area contributed by atoms with Gasteiger partial charge in [0, 0.05) is 0 Å². The van der Waals surface area contributed by atoms with E-state index in [-0.39, 0.29) is 11.7 Å². The summed E-state index contributed by atoms with van der Waals surface area (Å²) in [7, 11) is 0. The summed E-state index contributed by atoms with van der Waals surface area (Å²) in [4.78, 5) is 0. The Hall–Kier alpha value is -1.45. The highest BCUT2D eigenvalue weighted by molar-refractivity contribution is 5.33. The number of alkyl halides is 1. The highest BCUT2D eigenvalue weighted by Gasteiger charge is 2.27. The molecule has 1 aromatic rings. The lowest BCUT2D eigenvalue weighted by molar-refractivity contribution is 0.172. The Morgan fingerprint density at radius 3 is 2.29 bits per heavy atom. The van der Waals surface area contributed by atoms with Crippen molar-refractivity contribution in [2.75, 3.05) is 13.3 Å². The van der Waals surface area contributed by atoms with Gasteiger partial charge in [0.15, 0.2) is 11.6 Å². The monoisotopic (exact) mass is 436 g/mol. The second-order valence-corrected chi connectivity index (χ2v) is 9.67. The molecule has 2 saturated carbocycles. The summed E-state index contributed by atoms with van der Waals surface area (Å²) in [5, 5.41) is 0. The number of ether oxygens (including phenoxy) is 1.